The molecule has 2 N–H and O–H groups in total. The fourth-order valence-corrected chi connectivity index (χ4v) is 4.07. The molecule has 9 nitrogen and oxygen atoms in total. The Kier molecular flexibility index (Phi) is 6.59. The minimum Gasteiger partial charge on any atom is -0.492 e. The van der Waals surface area contributed by atoms with Crippen LogP contribution in [0.3, 0.4) is 0 Å². The minimum absolute atomic E-state index is 0.0639. The van der Waals surface area contributed by atoms with Gasteiger partial charge in [0, 0.05) is 49.5 Å². The van der Waals surface area contributed by atoms with Gasteiger partial charge in [-0.15, -0.1) is 0 Å². The molecule has 5 rings (SSSR count). The van der Waals surface area contributed by atoms with Gasteiger partial charge in [0.25, 0.3) is 5.56 Å². The number of halogens is 1. The lowest BCUT2D eigenvalue weighted by Crippen LogP contribution is -2.26. The van der Waals surface area contributed by atoms with E-state index in [-0.39, 0.29) is 18.0 Å². The maximum Gasteiger partial charge on any atom is 0.266 e. The molecule has 0 spiro atoms. The third kappa shape index (κ3) is 4.76. The van der Waals surface area contributed by atoms with E-state index in [1.54, 1.807) is 35.2 Å². The first-order valence-electron chi connectivity index (χ1n) is 11.6. The van der Waals surface area contributed by atoms with Crippen LogP contribution in [0.2, 0.25) is 0 Å². The standard InChI is InChI=1S/C26H25FN6O3/c1-17-16-32(23-13-18(27)3-4-20(17)23)24-5-6-25(35)33(31-24)10-9-29-21-7-8-28-22-14-19(15-30-26(21)22)36-12-2-11-34/h3-8,13-16,34H,2,9-12H2,1H3,(H,28,29). The fourth-order valence-electron chi connectivity index (χ4n) is 4.07. The first-order chi connectivity index (χ1) is 17.5. The Morgan fingerprint density at radius 2 is 2.03 bits per heavy atom. The average molecular weight is 489 g/mol. The van der Waals surface area contributed by atoms with Crippen LogP contribution < -0.4 is 15.6 Å². The van der Waals surface area contributed by atoms with Gasteiger partial charge in [0.15, 0.2) is 5.82 Å². The third-order valence-corrected chi connectivity index (χ3v) is 5.83. The van der Waals surface area contributed by atoms with E-state index in [0.29, 0.717) is 54.2 Å². The van der Waals surface area contributed by atoms with Gasteiger partial charge < -0.3 is 15.2 Å². The van der Waals surface area contributed by atoms with Crippen LogP contribution in [0.15, 0.2) is 65.8 Å². The van der Waals surface area contributed by atoms with Crippen LogP contribution in [-0.4, -0.2) is 49.2 Å². The van der Waals surface area contributed by atoms with E-state index in [4.69, 9.17) is 9.84 Å². The normalized spacial score (nSPS) is 11.3. The molecule has 5 aromatic rings. The summed E-state index contributed by atoms with van der Waals surface area (Å²) in [7, 11) is 0. The molecule has 36 heavy (non-hydrogen) atoms. The number of hydrogen-bond acceptors (Lipinski definition) is 7. The smallest absolute Gasteiger partial charge is 0.266 e. The molecule has 0 bridgehead atoms. The summed E-state index contributed by atoms with van der Waals surface area (Å²) in [5.41, 5.74) is 3.57. The highest BCUT2D eigenvalue weighted by Gasteiger charge is 2.11. The number of pyridine rings is 2. The highest BCUT2D eigenvalue weighted by Crippen LogP contribution is 2.25. The lowest BCUT2D eigenvalue weighted by molar-refractivity contribution is 0.233. The summed E-state index contributed by atoms with van der Waals surface area (Å²) in [6.45, 7) is 3.15. The van der Waals surface area contributed by atoms with Gasteiger partial charge in [0.1, 0.15) is 17.1 Å². The van der Waals surface area contributed by atoms with Crippen LogP contribution in [0.5, 0.6) is 5.75 Å². The lowest BCUT2D eigenvalue weighted by atomic mass is 10.2. The van der Waals surface area contributed by atoms with Crippen molar-refractivity contribution in [3.05, 3.63) is 82.8 Å². The van der Waals surface area contributed by atoms with Crippen LogP contribution in [0, 0.1) is 12.7 Å². The maximum atomic E-state index is 13.9. The van der Waals surface area contributed by atoms with Crippen LogP contribution in [0.25, 0.3) is 27.8 Å². The van der Waals surface area contributed by atoms with Crippen molar-refractivity contribution in [3.63, 3.8) is 0 Å². The molecular formula is C26H25FN6O3. The van der Waals surface area contributed by atoms with Crippen molar-refractivity contribution in [2.45, 2.75) is 19.9 Å². The number of ether oxygens (including phenoxy) is 1. The zero-order valence-electron chi connectivity index (χ0n) is 19.7. The zero-order chi connectivity index (χ0) is 25.1. The number of anilines is 1. The van der Waals surface area contributed by atoms with E-state index in [0.717, 1.165) is 16.6 Å². The number of aliphatic hydroxyl groups is 1. The highest BCUT2D eigenvalue weighted by molar-refractivity contribution is 5.88. The molecule has 184 valence electrons. The van der Waals surface area contributed by atoms with E-state index < -0.39 is 0 Å². The van der Waals surface area contributed by atoms with Crippen molar-refractivity contribution in [1.29, 1.82) is 0 Å². The number of benzene rings is 1. The summed E-state index contributed by atoms with van der Waals surface area (Å²) in [4.78, 5) is 21.3. The summed E-state index contributed by atoms with van der Waals surface area (Å²) in [6, 6.07) is 11.4. The number of nitrogens with one attached hydrogen (secondary N) is 1. The Labute approximate surface area is 205 Å². The Balaban J connectivity index is 1.34. The number of nitrogens with zero attached hydrogens (tertiary/aromatic N) is 5. The van der Waals surface area contributed by atoms with Crippen LogP contribution in [-0.2, 0) is 6.54 Å². The summed E-state index contributed by atoms with van der Waals surface area (Å²) >= 11 is 0. The molecule has 0 amide bonds. The number of rotatable bonds is 9. The third-order valence-electron chi connectivity index (χ3n) is 5.83. The largest absolute Gasteiger partial charge is 0.492 e. The van der Waals surface area contributed by atoms with Crippen molar-refractivity contribution >= 4 is 27.6 Å². The molecule has 0 aliphatic carbocycles. The average Bonchev–Trinajstić information content (AvgIpc) is 3.20. The van der Waals surface area contributed by atoms with Crippen LogP contribution in [0.4, 0.5) is 10.1 Å². The topological polar surface area (TPSA) is 107 Å². The van der Waals surface area contributed by atoms with E-state index >= 15 is 0 Å². The summed E-state index contributed by atoms with van der Waals surface area (Å²) in [6.07, 6.45) is 5.72. The predicted octanol–water partition coefficient (Wildman–Crippen LogP) is 3.45. The Hall–Kier alpha value is -4.31. The molecule has 4 heterocycles. The van der Waals surface area contributed by atoms with Gasteiger partial charge in [0.2, 0.25) is 0 Å². The van der Waals surface area contributed by atoms with E-state index in [1.165, 1.54) is 22.9 Å². The molecule has 1 aromatic carbocycles. The first kappa shape index (κ1) is 23.4. The zero-order valence-corrected chi connectivity index (χ0v) is 19.7. The SMILES string of the molecule is Cc1cn(-c2ccc(=O)n(CCNc3ccnc4cc(OCCCO)cnc34)n2)c2cc(F)ccc12. The summed E-state index contributed by atoms with van der Waals surface area (Å²) < 4.78 is 22.6. The second kappa shape index (κ2) is 10.1. The molecule has 0 unspecified atom stereocenters. The van der Waals surface area contributed by atoms with Gasteiger partial charge in [-0.3, -0.25) is 14.3 Å². The molecule has 0 radical (unpaired) electrons. The Morgan fingerprint density at radius 1 is 1.14 bits per heavy atom. The van der Waals surface area contributed by atoms with E-state index in [1.807, 2.05) is 19.2 Å². The molecule has 10 heteroatoms. The van der Waals surface area contributed by atoms with Crippen molar-refractivity contribution < 1.29 is 14.2 Å². The number of aliphatic hydroxyl groups excluding tert-OH is 1. The summed E-state index contributed by atoms with van der Waals surface area (Å²) in [5, 5.41) is 17.7. The van der Waals surface area contributed by atoms with Crippen LogP contribution >= 0.6 is 0 Å². The lowest BCUT2D eigenvalue weighted by Gasteiger charge is -2.12. The second-order valence-electron chi connectivity index (χ2n) is 8.35. The molecule has 0 saturated heterocycles. The molecule has 0 atom stereocenters. The Morgan fingerprint density at radius 3 is 2.89 bits per heavy atom. The molecular weight excluding hydrogens is 463 g/mol. The predicted molar refractivity (Wildman–Crippen MR) is 135 cm³/mol. The number of aromatic nitrogens is 5. The monoisotopic (exact) mass is 488 g/mol. The van der Waals surface area contributed by atoms with E-state index in [2.05, 4.69) is 20.4 Å². The van der Waals surface area contributed by atoms with Crippen molar-refractivity contribution in [2.75, 3.05) is 25.1 Å². The molecule has 0 fully saturated rings. The second-order valence-corrected chi connectivity index (χ2v) is 8.35. The molecule has 0 aliphatic rings. The van der Waals surface area contributed by atoms with Crippen molar-refractivity contribution in [2.24, 2.45) is 0 Å². The quantitative estimate of drug-likeness (QED) is 0.306. The van der Waals surface area contributed by atoms with Crippen molar-refractivity contribution in [1.82, 2.24) is 24.3 Å². The van der Waals surface area contributed by atoms with Crippen LogP contribution in [0.1, 0.15) is 12.0 Å². The van der Waals surface area contributed by atoms with Gasteiger partial charge in [-0.1, -0.05) is 0 Å². The first-order valence-corrected chi connectivity index (χ1v) is 11.6. The maximum absolute atomic E-state index is 13.9. The van der Waals surface area contributed by atoms with E-state index in [9.17, 15) is 9.18 Å². The fraction of sp³-hybridized carbons (Fsp3) is 0.231. The summed E-state index contributed by atoms with van der Waals surface area (Å²) in [5.74, 6) is 0.783. The van der Waals surface area contributed by atoms with Gasteiger partial charge in [-0.25, -0.2) is 14.1 Å². The number of fused-ring (bicyclic) bond motifs is 2. The highest BCUT2D eigenvalue weighted by atomic mass is 19.1. The van der Waals surface area contributed by atoms with Gasteiger partial charge in [0.05, 0.1) is 36.1 Å². The number of hydrogen-bond donors (Lipinski definition) is 2. The van der Waals surface area contributed by atoms with Gasteiger partial charge in [-0.2, -0.15) is 5.10 Å². The molecule has 0 aliphatic heterocycles. The number of aryl methyl sites for hydroxylation is 1. The Bertz CT molecular complexity index is 1600. The minimum atomic E-state index is -0.332. The van der Waals surface area contributed by atoms with Crippen molar-refractivity contribution in [3.8, 4) is 11.6 Å². The molecule has 0 saturated carbocycles. The molecule has 4 aromatic heterocycles. The van der Waals surface area contributed by atoms with Gasteiger partial charge >= 0.3 is 0 Å². The van der Waals surface area contributed by atoms with Gasteiger partial charge in [-0.05, 0) is 42.8 Å².